The Hall–Kier alpha value is -0.910. The molecule has 5 nitrogen and oxygen atoms in total. The maximum absolute atomic E-state index is 12.3. The second-order valence-corrected chi connectivity index (χ2v) is 14.8. The first kappa shape index (κ1) is 25.7. The fourth-order valence-electron chi connectivity index (χ4n) is 11.0. The molecule has 0 heterocycles. The summed E-state index contributed by atoms with van der Waals surface area (Å²) in [5, 5.41) is 43.8. The highest BCUT2D eigenvalue weighted by Crippen LogP contribution is 2.74. The number of rotatable bonds is 1. The maximum atomic E-state index is 12.3. The average Bonchev–Trinajstić information content (AvgIpc) is 2.74. The molecule has 0 amide bonds. The third kappa shape index (κ3) is 3.07. The number of hydrogen-bond acceptors (Lipinski definition) is 4. The van der Waals surface area contributed by atoms with Crippen LogP contribution in [0, 0.1) is 57.2 Å². The monoisotopic (exact) mass is 488 g/mol. The minimum absolute atomic E-state index is 0.000874. The molecule has 0 spiro atoms. The molecule has 198 valence electrons. The van der Waals surface area contributed by atoms with Gasteiger partial charge in [0.1, 0.15) is 0 Å². The van der Waals surface area contributed by atoms with Crippen molar-refractivity contribution in [1.82, 2.24) is 0 Å². The lowest BCUT2D eigenvalue weighted by molar-refractivity contribution is -0.233. The molecule has 35 heavy (non-hydrogen) atoms. The molecular weight excluding hydrogens is 440 g/mol. The molecule has 0 radical (unpaired) electrons. The third-order valence-electron chi connectivity index (χ3n) is 13.3. The fraction of sp³-hybridized carbons (Fsp3) is 0.900. The van der Waals surface area contributed by atoms with Crippen molar-refractivity contribution in [3.8, 4) is 0 Å². The van der Waals surface area contributed by atoms with Crippen molar-refractivity contribution in [3.05, 3.63) is 11.6 Å². The number of hydrogen-bond donors (Lipinski definition) is 4. The van der Waals surface area contributed by atoms with Crippen molar-refractivity contribution in [2.24, 2.45) is 57.2 Å². The zero-order valence-electron chi connectivity index (χ0n) is 22.8. The lowest BCUT2D eigenvalue weighted by Crippen LogP contribution is -2.67. The van der Waals surface area contributed by atoms with Crippen molar-refractivity contribution in [1.29, 1.82) is 0 Å². The smallest absolute Gasteiger partial charge is 0.306 e. The van der Waals surface area contributed by atoms with E-state index in [0.29, 0.717) is 24.7 Å². The van der Waals surface area contributed by atoms with Crippen LogP contribution in [0.4, 0.5) is 0 Å². The first-order valence-corrected chi connectivity index (χ1v) is 14.1. The van der Waals surface area contributed by atoms with E-state index in [-0.39, 0.29) is 39.4 Å². The van der Waals surface area contributed by atoms with E-state index >= 15 is 0 Å². The summed E-state index contributed by atoms with van der Waals surface area (Å²) in [7, 11) is 0. The fourth-order valence-corrected chi connectivity index (χ4v) is 11.0. The Labute approximate surface area is 211 Å². The molecule has 0 aromatic carbocycles. The van der Waals surface area contributed by atoms with E-state index < -0.39 is 29.7 Å². The summed E-state index contributed by atoms with van der Waals surface area (Å²) in [4.78, 5) is 12.3. The predicted molar refractivity (Wildman–Crippen MR) is 135 cm³/mol. The Balaban J connectivity index is 1.61. The predicted octanol–water partition coefficient (Wildman–Crippen LogP) is 5.03. The average molecular weight is 489 g/mol. The molecule has 4 fully saturated rings. The highest BCUT2D eigenvalue weighted by molar-refractivity contribution is 5.71. The van der Waals surface area contributed by atoms with Gasteiger partial charge < -0.3 is 20.4 Å². The molecule has 5 aliphatic carbocycles. The van der Waals surface area contributed by atoms with Gasteiger partial charge in [0.2, 0.25) is 0 Å². The number of carboxylic acid groups (broad SMARTS) is 1. The number of aliphatic hydroxyl groups is 3. The second-order valence-electron chi connectivity index (χ2n) is 14.8. The van der Waals surface area contributed by atoms with Gasteiger partial charge >= 0.3 is 5.97 Å². The Morgan fingerprint density at radius 3 is 2.29 bits per heavy atom. The summed E-state index contributed by atoms with van der Waals surface area (Å²) in [5.41, 5.74) is -0.132. The van der Waals surface area contributed by atoms with Crippen LogP contribution in [0.2, 0.25) is 0 Å². The molecule has 5 aliphatic rings. The minimum Gasteiger partial charge on any atom is -0.481 e. The van der Waals surface area contributed by atoms with Crippen LogP contribution in [0.5, 0.6) is 0 Å². The van der Waals surface area contributed by atoms with E-state index in [1.54, 1.807) is 0 Å². The Morgan fingerprint density at radius 1 is 1.00 bits per heavy atom. The van der Waals surface area contributed by atoms with Gasteiger partial charge in [-0.25, -0.2) is 0 Å². The summed E-state index contributed by atoms with van der Waals surface area (Å²) < 4.78 is 0. The highest BCUT2D eigenvalue weighted by Gasteiger charge is 2.69. The molecule has 5 heteroatoms. The number of carbonyl (C=O) groups is 1. The minimum atomic E-state index is -0.915. The molecular formula is C30H48O5. The highest BCUT2D eigenvalue weighted by atomic mass is 16.4. The van der Waals surface area contributed by atoms with Crippen LogP contribution >= 0.6 is 0 Å². The lowest BCUT2D eigenvalue weighted by atomic mass is 9.34. The van der Waals surface area contributed by atoms with Crippen molar-refractivity contribution in [3.63, 3.8) is 0 Å². The first-order valence-electron chi connectivity index (χ1n) is 14.1. The molecule has 0 bridgehead atoms. The summed E-state index contributed by atoms with van der Waals surface area (Å²) >= 11 is 0. The molecule has 3 unspecified atom stereocenters. The third-order valence-corrected chi connectivity index (χ3v) is 13.3. The summed E-state index contributed by atoms with van der Waals surface area (Å²) in [6.45, 7) is 15.5. The van der Waals surface area contributed by atoms with Crippen LogP contribution in [0.15, 0.2) is 11.6 Å². The quantitative estimate of drug-likeness (QED) is 0.388. The van der Waals surface area contributed by atoms with Gasteiger partial charge in [-0.1, -0.05) is 53.2 Å². The van der Waals surface area contributed by atoms with Gasteiger partial charge in [-0.2, -0.15) is 0 Å². The van der Waals surface area contributed by atoms with E-state index in [1.807, 2.05) is 13.8 Å². The van der Waals surface area contributed by atoms with Gasteiger partial charge in [-0.3, -0.25) is 4.79 Å². The zero-order valence-corrected chi connectivity index (χ0v) is 22.8. The van der Waals surface area contributed by atoms with Crippen LogP contribution in [0.3, 0.4) is 0 Å². The van der Waals surface area contributed by atoms with Crippen LogP contribution in [-0.2, 0) is 4.79 Å². The number of aliphatic hydroxyl groups excluding tert-OH is 2. The van der Waals surface area contributed by atoms with Crippen LogP contribution in [0.25, 0.3) is 0 Å². The van der Waals surface area contributed by atoms with Crippen LogP contribution < -0.4 is 0 Å². The Bertz CT molecular complexity index is 937. The summed E-state index contributed by atoms with van der Waals surface area (Å²) in [5.74, 6) is -0.591. The molecule has 0 aromatic heterocycles. The number of aliphatic carboxylic acids is 1. The van der Waals surface area contributed by atoms with Gasteiger partial charge in [0.05, 0.1) is 23.7 Å². The normalized spacial score (nSPS) is 57.1. The standard InChI is InChI=1S/C30H48O5/c1-16-14-18(25(33)34)17-10-12-28(5)19(23(17)30(16,7)35)8-9-22-27(4)15-20(31)24(32)26(2,3)21(27)11-13-29(22,28)6/h8,16-18,20-24,31-32,35H,9-15H2,1-7H3,(H,33,34)/t16-,17?,18-,20-,21?,22?,23-,24+,27+,28-,29-,30-/m1/s1. The Morgan fingerprint density at radius 2 is 1.66 bits per heavy atom. The van der Waals surface area contributed by atoms with E-state index in [1.165, 1.54) is 5.57 Å². The van der Waals surface area contributed by atoms with Crippen molar-refractivity contribution < 1.29 is 25.2 Å². The second kappa shape index (κ2) is 7.57. The van der Waals surface area contributed by atoms with E-state index in [0.717, 1.165) is 32.1 Å². The van der Waals surface area contributed by atoms with E-state index in [4.69, 9.17) is 0 Å². The maximum Gasteiger partial charge on any atom is 0.306 e. The van der Waals surface area contributed by atoms with Gasteiger partial charge in [-0.05, 0) is 97.2 Å². The van der Waals surface area contributed by atoms with Crippen LogP contribution in [-0.4, -0.2) is 44.2 Å². The summed E-state index contributed by atoms with van der Waals surface area (Å²) in [6, 6.07) is 0. The molecule has 4 saturated carbocycles. The van der Waals surface area contributed by atoms with Gasteiger partial charge in [0.25, 0.3) is 0 Å². The van der Waals surface area contributed by atoms with Gasteiger partial charge in [-0.15, -0.1) is 0 Å². The summed E-state index contributed by atoms with van der Waals surface area (Å²) in [6.07, 6.45) is 6.95. The lowest BCUT2D eigenvalue weighted by Gasteiger charge is -2.71. The van der Waals surface area contributed by atoms with Gasteiger partial charge in [0, 0.05) is 5.92 Å². The van der Waals surface area contributed by atoms with Crippen molar-refractivity contribution >= 4 is 5.97 Å². The number of allylic oxidation sites excluding steroid dienone is 1. The number of fused-ring (bicyclic) bond motifs is 7. The molecule has 4 N–H and O–H groups in total. The topological polar surface area (TPSA) is 98.0 Å². The first-order chi connectivity index (χ1) is 16.0. The molecule has 0 aromatic rings. The van der Waals surface area contributed by atoms with Crippen molar-refractivity contribution in [2.75, 3.05) is 0 Å². The molecule has 12 atom stereocenters. The Kier molecular flexibility index (Phi) is 5.56. The molecule has 0 saturated heterocycles. The molecule has 5 rings (SSSR count). The van der Waals surface area contributed by atoms with E-state index in [9.17, 15) is 25.2 Å². The van der Waals surface area contributed by atoms with E-state index in [2.05, 4.69) is 40.7 Å². The van der Waals surface area contributed by atoms with Crippen molar-refractivity contribution in [2.45, 2.75) is 111 Å². The molecule has 0 aliphatic heterocycles. The SMILES string of the molecule is C[C@@H]1C[C@@H](C(=O)O)C2CC[C@]3(C)C(=CCC4[C@@]5(C)C[C@@H](O)[C@H](O)C(C)(C)C5CC[C@]43C)[C@@H]2[C@]1(C)O. The number of carboxylic acids is 1. The van der Waals surface area contributed by atoms with Crippen LogP contribution in [0.1, 0.15) is 93.4 Å². The largest absolute Gasteiger partial charge is 0.481 e. The van der Waals surface area contributed by atoms with Gasteiger partial charge in [0.15, 0.2) is 0 Å². The zero-order chi connectivity index (χ0) is 25.9.